The van der Waals surface area contributed by atoms with Crippen LogP contribution >= 0.6 is 0 Å². The van der Waals surface area contributed by atoms with Gasteiger partial charge in [0.25, 0.3) is 0 Å². The van der Waals surface area contributed by atoms with Crippen molar-refractivity contribution >= 4 is 0 Å². The van der Waals surface area contributed by atoms with Gasteiger partial charge in [0, 0.05) is 1.37 Å². The Balaban J connectivity index is 2.12. The molecule has 0 saturated heterocycles. The van der Waals surface area contributed by atoms with E-state index >= 15 is 0 Å². The summed E-state index contributed by atoms with van der Waals surface area (Å²) in [4.78, 5) is 0. The van der Waals surface area contributed by atoms with Gasteiger partial charge in [-0.1, -0.05) is 25.3 Å². The molecule has 1 radical (unpaired) electrons. The standard InChI is InChI=1S/C9H15O/c1-2-8-10-9-6-4-3-5-7-9/h2,8-9H,1,3-7H2/i3D. The van der Waals surface area contributed by atoms with Crippen molar-refractivity contribution in [3.8, 4) is 0 Å². The predicted octanol–water partition coefficient (Wildman–Crippen LogP) is 2.68. The van der Waals surface area contributed by atoms with Gasteiger partial charge in [0.05, 0.1) is 6.10 Å². The van der Waals surface area contributed by atoms with Gasteiger partial charge in [0.2, 0.25) is 0 Å². The van der Waals surface area contributed by atoms with E-state index in [1.807, 2.05) is 0 Å². The summed E-state index contributed by atoms with van der Waals surface area (Å²) in [6.07, 6.45) is 6.17. The van der Waals surface area contributed by atoms with Gasteiger partial charge in [-0.25, -0.2) is 0 Å². The van der Waals surface area contributed by atoms with Crippen molar-refractivity contribution < 1.29 is 6.11 Å². The van der Waals surface area contributed by atoms with Crippen LogP contribution in [-0.2, 0) is 4.74 Å². The first-order valence-electron chi connectivity index (χ1n) is 4.42. The molecule has 0 aromatic heterocycles. The summed E-state index contributed by atoms with van der Waals surface area (Å²) >= 11 is 0. The van der Waals surface area contributed by atoms with E-state index in [1.54, 1.807) is 12.7 Å². The van der Waals surface area contributed by atoms with Crippen molar-refractivity contribution in [2.24, 2.45) is 0 Å². The molecule has 0 spiro atoms. The van der Waals surface area contributed by atoms with Crippen LogP contribution in [0.1, 0.15) is 33.5 Å². The Morgan fingerprint density at radius 2 is 2.20 bits per heavy atom. The van der Waals surface area contributed by atoms with Gasteiger partial charge in [-0.3, -0.25) is 0 Å². The van der Waals surface area contributed by atoms with Gasteiger partial charge < -0.3 is 4.74 Å². The molecule has 0 aromatic rings. The van der Waals surface area contributed by atoms with E-state index in [2.05, 4.69) is 6.58 Å². The molecule has 1 nitrogen and oxygen atoms in total. The molecule has 1 aliphatic rings. The first-order valence-corrected chi connectivity index (χ1v) is 3.85. The fraction of sp³-hybridized carbons (Fsp3) is 0.667. The Hall–Kier alpha value is -0.300. The minimum atomic E-state index is 0.151. The fourth-order valence-electron chi connectivity index (χ4n) is 1.20. The SMILES string of the molecule is [2H]C1CCC(O[CH]C=C)CC1. The smallest absolute Gasteiger partial charge is 0.105 e. The van der Waals surface area contributed by atoms with Gasteiger partial charge in [-0.05, 0) is 12.8 Å². The van der Waals surface area contributed by atoms with Crippen LogP contribution < -0.4 is 0 Å². The molecular weight excluding hydrogens is 124 g/mol. The molecule has 0 N–H and O–H groups in total. The molecule has 0 heterocycles. The highest BCUT2D eigenvalue weighted by molar-refractivity contribution is 4.79. The molecule has 10 heavy (non-hydrogen) atoms. The molecule has 0 aromatic carbocycles. The van der Waals surface area contributed by atoms with Crippen molar-refractivity contribution in [3.05, 3.63) is 19.3 Å². The fourth-order valence-corrected chi connectivity index (χ4v) is 1.20. The van der Waals surface area contributed by atoms with E-state index in [-0.39, 0.29) is 6.40 Å². The summed E-state index contributed by atoms with van der Waals surface area (Å²) in [7, 11) is 0. The number of rotatable bonds is 3. The van der Waals surface area contributed by atoms with Gasteiger partial charge in [0.1, 0.15) is 6.61 Å². The maximum Gasteiger partial charge on any atom is 0.105 e. The van der Waals surface area contributed by atoms with Crippen molar-refractivity contribution in [1.29, 1.82) is 0 Å². The van der Waals surface area contributed by atoms with Crippen molar-refractivity contribution in [1.82, 2.24) is 0 Å². The van der Waals surface area contributed by atoms with Crippen LogP contribution in [0.3, 0.4) is 0 Å². The zero-order valence-corrected chi connectivity index (χ0v) is 6.25. The highest BCUT2D eigenvalue weighted by Crippen LogP contribution is 2.20. The molecule has 1 rings (SSSR count). The third kappa shape index (κ3) is 2.53. The molecule has 0 amide bonds. The molecule has 1 heteroatoms. The lowest BCUT2D eigenvalue weighted by atomic mass is 9.98. The maximum atomic E-state index is 7.45. The van der Waals surface area contributed by atoms with Gasteiger partial charge in [-0.15, -0.1) is 6.58 Å². The molecule has 0 unspecified atom stereocenters. The zero-order chi connectivity index (χ0) is 8.10. The second-order valence-electron chi connectivity index (χ2n) is 2.57. The number of ether oxygens (including phenoxy) is 1. The summed E-state index contributed by atoms with van der Waals surface area (Å²) in [5.74, 6) is 0. The topological polar surface area (TPSA) is 9.23 Å². The van der Waals surface area contributed by atoms with Gasteiger partial charge >= 0.3 is 0 Å². The first kappa shape index (κ1) is 6.41. The molecule has 0 bridgehead atoms. The van der Waals surface area contributed by atoms with E-state index in [9.17, 15) is 0 Å². The third-order valence-corrected chi connectivity index (χ3v) is 1.75. The predicted molar refractivity (Wildman–Crippen MR) is 42.5 cm³/mol. The quantitative estimate of drug-likeness (QED) is 0.585. The minimum absolute atomic E-state index is 0.151. The Kier molecular flexibility index (Phi) is 2.89. The van der Waals surface area contributed by atoms with Crippen molar-refractivity contribution in [2.75, 3.05) is 0 Å². The number of hydrogen-bond acceptors (Lipinski definition) is 1. The van der Waals surface area contributed by atoms with Gasteiger partial charge in [0.15, 0.2) is 0 Å². The lowest BCUT2D eigenvalue weighted by Gasteiger charge is -2.20. The summed E-state index contributed by atoms with van der Waals surface area (Å²) in [5, 5.41) is 0. The average Bonchev–Trinajstić information content (AvgIpc) is 2.04. The second kappa shape index (κ2) is 4.51. The van der Waals surface area contributed by atoms with E-state index in [0.717, 1.165) is 25.7 Å². The van der Waals surface area contributed by atoms with Gasteiger partial charge in [-0.2, -0.15) is 0 Å². The van der Waals surface area contributed by atoms with Crippen LogP contribution in [0.15, 0.2) is 12.7 Å². The summed E-state index contributed by atoms with van der Waals surface area (Å²) < 4.78 is 12.8. The normalized spacial score (nSPS) is 35.0. The van der Waals surface area contributed by atoms with Crippen molar-refractivity contribution in [3.63, 3.8) is 0 Å². The lowest BCUT2D eigenvalue weighted by Crippen LogP contribution is -2.14. The zero-order valence-electron chi connectivity index (χ0n) is 7.25. The van der Waals surface area contributed by atoms with Crippen LogP contribution in [0.25, 0.3) is 0 Å². The Labute approximate surface area is 64.5 Å². The van der Waals surface area contributed by atoms with Crippen molar-refractivity contribution in [2.45, 2.75) is 38.2 Å². The van der Waals surface area contributed by atoms with E-state index < -0.39 is 0 Å². The van der Waals surface area contributed by atoms with Crippen LogP contribution in [0, 0.1) is 6.61 Å². The molecule has 0 aliphatic heterocycles. The average molecular weight is 140 g/mol. The van der Waals surface area contributed by atoms with Crippen LogP contribution in [0.4, 0.5) is 0 Å². The summed E-state index contributed by atoms with van der Waals surface area (Å²) in [6, 6.07) is 0. The molecular formula is C9H15O. The Morgan fingerprint density at radius 3 is 2.80 bits per heavy atom. The van der Waals surface area contributed by atoms with E-state index in [0.29, 0.717) is 6.10 Å². The highest BCUT2D eigenvalue weighted by Gasteiger charge is 2.12. The molecule has 1 saturated carbocycles. The van der Waals surface area contributed by atoms with Crippen LogP contribution in [-0.4, -0.2) is 6.10 Å². The molecule has 57 valence electrons. The van der Waals surface area contributed by atoms with E-state index in [1.165, 1.54) is 0 Å². The van der Waals surface area contributed by atoms with Crippen LogP contribution in [0.2, 0.25) is 0 Å². The van der Waals surface area contributed by atoms with Crippen LogP contribution in [0.5, 0.6) is 0 Å². The Bertz CT molecular complexity index is 117. The molecule has 1 fully saturated rings. The summed E-state index contributed by atoms with van der Waals surface area (Å²) in [6.45, 7) is 5.19. The maximum absolute atomic E-state index is 7.45. The first-order chi connectivity index (χ1) is 5.33. The summed E-state index contributed by atoms with van der Waals surface area (Å²) in [5.41, 5.74) is 0. The third-order valence-electron chi connectivity index (χ3n) is 1.75. The largest absolute Gasteiger partial charge is 0.368 e. The monoisotopic (exact) mass is 140 g/mol. The number of hydrogen-bond donors (Lipinski definition) is 0. The second-order valence-corrected chi connectivity index (χ2v) is 2.57. The highest BCUT2D eigenvalue weighted by atomic mass is 16.5. The minimum Gasteiger partial charge on any atom is -0.368 e. The molecule has 0 atom stereocenters. The molecule has 1 aliphatic carbocycles. The van der Waals surface area contributed by atoms with E-state index in [4.69, 9.17) is 6.11 Å². The Morgan fingerprint density at radius 1 is 1.50 bits per heavy atom. The lowest BCUT2D eigenvalue weighted by molar-refractivity contribution is 0.0835.